The summed E-state index contributed by atoms with van der Waals surface area (Å²) in [6.45, 7) is 6.15. The molecule has 1 aromatic heterocycles. The molecule has 4 nitrogen and oxygen atoms in total. The summed E-state index contributed by atoms with van der Waals surface area (Å²) in [7, 11) is 0. The summed E-state index contributed by atoms with van der Waals surface area (Å²) in [5, 5.41) is 4.00. The highest BCUT2D eigenvalue weighted by atomic mass is 32.2. The molecule has 1 aromatic carbocycles. The summed E-state index contributed by atoms with van der Waals surface area (Å²) >= 11 is 1.70. The normalized spacial score (nSPS) is 13.5. The molecule has 0 saturated heterocycles. The van der Waals surface area contributed by atoms with Gasteiger partial charge in [-0.3, -0.25) is 0 Å². The number of hydrogen-bond acceptors (Lipinski definition) is 5. The van der Waals surface area contributed by atoms with Gasteiger partial charge in [0.1, 0.15) is 0 Å². The van der Waals surface area contributed by atoms with Crippen molar-refractivity contribution in [3.63, 3.8) is 0 Å². The average molecular weight is 277 g/mol. The van der Waals surface area contributed by atoms with Crippen molar-refractivity contribution in [3.05, 3.63) is 30.2 Å². The first-order valence-corrected chi connectivity index (χ1v) is 7.38. The van der Waals surface area contributed by atoms with Crippen LogP contribution < -0.4 is 5.73 Å². The second-order valence-corrected chi connectivity index (χ2v) is 6.41. The zero-order chi connectivity index (χ0) is 14.0. The van der Waals surface area contributed by atoms with E-state index in [9.17, 15) is 0 Å². The molecule has 0 aliphatic rings. The van der Waals surface area contributed by atoms with Crippen molar-refractivity contribution in [2.45, 2.75) is 31.7 Å². The third-order valence-electron chi connectivity index (χ3n) is 2.99. The molecule has 5 heteroatoms. The number of hydrogen-bond donors (Lipinski definition) is 1. The van der Waals surface area contributed by atoms with Crippen LogP contribution in [0.4, 0.5) is 0 Å². The highest BCUT2D eigenvalue weighted by Crippen LogP contribution is 2.30. The molecular formula is C14H19N3OS. The standard InChI is InChI=1S/C14H19N3OS/c1-14(2,3)11(15)13-16-12(17-18-13)9-5-7-10(19-4)8-6-9/h5-8,11H,15H2,1-4H3. The van der Waals surface area contributed by atoms with Gasteiger partial charge in [-0.1, -0.05) is 25.9 Å². The van der Waals surface area contributed by atoms with Gasteiger partial charge < -0.3 is 10.3 Å². The quantitative estimate of drug-likeness (QED) is 0.870. The van der Waals surface area contributed by atoms with Crippen LogP contribution >= 0.6 is 11.8 Å². The molecule has 1 atom stereocenters. The van der Waals surface area contributed by atoms with Crippen LogP contribution in [0, 0.1) is 5.41 Å². The minimum Gasteiger partial charge on any atom is -0.337 e. The van der Waals surface area contributed by atoms with E-state index < -0.39 is 0 Å². The molecule has 0 spiro atoms. The molecule has 0 aliphatic heterocycles. The van der Waals surface area contributed by atoms with E-state index in [0.717, 1.165) is 5.56 Å². The van der Waals surface area contributed by atoms with Gasteiger partial charge >= 0.3 is 0 Å². The molecule has 0 amide bonds. The maximum Gasteiger partial charge on any atom is 0.244 e. The number of thioether (sulfide) groups is 1. The molecule has 0 saturated carbocycles. The lowest BCUT2D eigenvalue weighted by Crippen LogP contribution is -2.26. The van der Waals surface area contributed by atoms with Crippen LogP contribution in [0.1, 0.15) is 32.7 Å². The first kappa shape index (κ1) is 14.1. The minimum atomic E-state index is -0.265. The fourth-order valence-electron chi connectivity index (χ4n) is 1.59. The Morgan fingerprint density at radius 2 is 1.84 bits per heavy atom. The predicted octanol–water partition coefficient (Wildman–Crippen LogP) is 3.50. The smallest absolute Gasteiger partial charge is 0.244 e. The monoisotopic (exact) mass is 277 g/mol. The van der Waals surface area contributed by atoms with E-state index in [2.05, 4.69) is 30.9 Å². The van der Waals surface area contributed by atoms with E-state index in [1.54, 1.807) is 11.8 Å². The van der Waals surface area contributed by atoms with Crippen LogP contribution in [0.25, 0.3) is 11.4 Å². The Balaban J connectivity index is 2.25. The van der Waals surface area contributed by atoms with E-state index in [1.165, 1.54) is 4.90 Å². The van der Waals surface area contributed by atoms with Gasteiger partial charge in [0, 0.05) is 10.5 Å². The number of benzene rings is 1. The molecule has 102 valence electrons. The first-order valence-electron chi connectivity index (χ1n) is 6.15. The summed E-state index contributed by atoms with van der Waals surface area (Å²) in [4.78, 5) is 5.60. The Morgan fingerprint density at radius 3 is 2.37 bits per heavy atom. The van der Waals surface area contributed by atoms with Gasteiger partial charge in [-0.15, -0.1) is 11.8 Å². The molecule has 0 aliphatic carbocycles. The van der Waals surface area contributed by atoms with Crippen molar-refractivity contribution in [1.82, 2.24) is 10.1 Å². The molecule has 0 radical (unpaired) electrons. The van der Waals surface area contributed by atoms with Crippen molar-refractivity contribution >= 4 is 11.8 Å². The second-order valence-electron chi connectivity index (χ2n) is 5.53. The molecule has 19 heavy (non-hydrogen) atoms. The van der Waals surface area contributed by atoms with Gasteiger partial charge in [-0.2, -0.15) is 4.98 Å². The number of rotatable bonds is 3. The highest BCUT2D eigenvalue weighted by Gasteiger charge is 2.27. The van der Waals surface area contributed by atoms with Crippen molar-refractivity contribution in [3.8, 4) is 11.4 Å². The number of nitrogens with two attached hydrogens (primary N) is 1. The summed E-state index contributed by atoms with van der Waals surface area (Å²) < 4.78 is 5.27. The molecule has 2 rings (SSSR count). The van der Waals surface area contributed by atoms with Crippen LogP contribution in [0.5, 0.6) is 0 Å². The Labute approximate surface area is 117 Å². The third-order valence-corrected chi connectivity index (χ3v) is 3.73. The Hall–Kier alpha value is -1.33. The van der Waals surface area contributed by atoms with Crippen molar-refractivity contribution < 1.29 is 4.52 Å². The lowest BCUT2D eigenvalue weighted by atomic mass is 9.87. The Bertz CT molecular complexity index is 543. The zero-order valence-electron chi connectivity index (χ0n) is 11.7. The molecule has 0 fully saturated rings. The maximum atomic E-state index is 6.11. The molecule has 2 N–H and O–H groups in total. The van der Waals surface area contributed by atoms with Crippen LogP contribution in [0.15, 0.2) is 33.7 Å². The van der Waals surface area contributed by atoms with Crippen LogP contribution in [-0.4, -0.2) is 16.4 Å². The predicted molar refractivity (Wildman–Crippen MR) is 77.9 cm³/mol. The largest absolute Gasteiger partial charge is 0.337 e. The number of aromatic nitrogens is 2. The minimum absolute atomic E-state index is 0.105. The van der Waals surface area contributed by atoms with E-state index in [4.69, 9.17) is 10.3 Å². The Morgan fingerprint density at radius 1 is 1.21 bits per heavy atom. The first-order chi connectivity index (χ1) is 8.91. The Kier molecular flexibility index (Phi) is 3.96. The van der Waals surface area contributed by atoms with E-state index in [-0.39, 0.29) is 11.5 Å². The van der Waals surface area contributed by atoms with Gasteiger partial charge in [0.05, 0.1) is 6.04 Å². The van der Waals surface area contributed by atoms with Gasteiger partial charge in [0.25, 0.3) is 0 Å². The topological polar surface area (TPSA) is 64.9 Å². The maximum absolute atomic E-state index is 6.11. The molecular weight excluding hydrogens is 258 g/mol. The van der Waals surface area contributed by atoms with Gasteiger partial charge in [-0.05, 0) is 35.9 Å². The van der Waals surface area contributed by atoms with Gasteiger partial charge in [-0.25, -0.2) is 0 Å². The average Bonchev–Trinajstić information content (AvgIpc) is 2.86. The van der Waals surface area contributed by atoms with Crippen LogP contribution in [0.3, 0.4) is 0 Å². The molecule has 1 heterocycles. The highest BCUT2D eigenvalue weighted by molar-refractivity contribution is 7.98. The summed E-state index contributed by atoms with van der Waals surface area (Å²) in [5.41, 5.74) is 6.94. The lowest BCUT2D eigenvalue weighted by Gasteiger charge is -2.23. The van der Waals surface area contributed by atoms with Crippen molar-refractivity contribution in [2.24, 2.45) is 11.1 Å². The fraction of sp³-hybridized carbons (Fsp3) is 0.429. The van der Waals surface area contributed by atoms with E-state index >= 15 is 0 Å². The molecule has 1 unspecified atom stereocenters. The van der Waals surface area contributed by atoms with Crippen molar-refractivity contribution in [2.75, 3.05) is 6.26 Å². The van der Waals surface area contributed by atoms with Crippen LogP contribution in [-0.2, 0) is 0 Å². The summed E-state index contributed by atoms with van der Waals surface area (Å²) in [6.07, 6.45) is 2.05. The summed E-state index contributed by atoms with van der Waals surface area (Å²) in [5.74, 6) is 1.07. The van der Waals surface area contributed by atoms with Crippen molar-refractivity contribution in [1.29, 1.82) is 0 Å². The van der Waals surface area contributed by atoms with Gasteiger partial charge in [0.15, 0.2) is 0 Å². The zero-order valence-corrected chi connectivity index (χ0v) is 12.5. The fourth-order valence-corrected chi connectivity index (χ4v) is 2.00. The number of nitrogens with zero attached hydrogens (tertiary/aromatic N) is 2. The van der Waals surface area contributed by atoms with Gasteiger partial charge in [0.2, 0.25) is 11.7 Å². The summed E-state index contributed by atoms with van der Waals surface area (Å²) in [6, 6.07) is 7.80. The lowest BCUT2D eigenvalue weighted by molar-refractivity contribution is 0.253. The van der Waals surface area contributed by atoms with E-state index in [0.29, 0.717) is 11.7 Å². The molecule has 2 aromatic rings. The second kappa shape index (κ2) is 5.35. The third kappa shape index (κ3) is 3.16. The SMILES string of the molecule is CSc1ccc(-c2noc(C(N)C(C)(C)C)n2)cc1. The van der Waals surface area contributed by atoms with Crippen LogP contribution in [0.2, 0.25) is 0 Å². The van der Waals surface area contributed by atoms with E-state index in [1.807, 2.05) is 30.5 Å². The molecule has 0 bridgehead atoms.